The molecule has 1 aliphatic rings. The highest BCUT2D eigenvalue weighted by atomic mass is 16.5. The molecule has 0 fully saturated rings. The third-order valence-corrected chi connectivity index (χ3v) is 3.78. The van der Waals surface area contributed by atoms with E-state index in [2.05, 4.69) is 11.1 Å². The number of hydrogen-bond acceptors (Lipinski definition) is 3. The molecule has 2 aromatic rings. The molecule has 1 heterocycles. The summed E-state index contributed by atoms with van der Waals surface area (Å²) in [4.78, 5) is 4.29. The van der Waals surface area contributed by atoms with E-state index in [0.717, 1.165) is 30.8 Å². The van der Waals surface area contributed by atoms with Crippen LogP contribution in [-0.4, -0.2) is 16.2 Å². The first-order chi connectivity index (χ1) is 9.25. The number of imidazole rings is 1. The average Bonchev–Trinajstić information content (AvgIpc) is 2.98. The van der Waals surface area contributed by atoms with Gasteiger partial charge in [-0.2, -0.15) is 0 Å². The minimum atomic E-state index is 0.174. The van der Waals surface area contributed by atoms with Crippen LogP contribution in [0, 0.1) is 0 Å². The van der Waals surface area contributed by atoms with Crippen molar-refractivity contribution in [3.8, 4) is 5.75 Å². The zero-order valence-electron chi connectivity index (χ0n) is 11.2. The van der Waals surface area contributed by atoms with Crippen molar-refractivity contribution >= 4 is 0 Å². The highest BCUT2D eigenvalue weighted by Gasteiger charge is 2.21. The van der Waals surface area contributed by atoms with Crippen molar-refractivity contribution in [2.45, 2.75) is 25.3 Å². The van der Waals surface area contributed by atoms with E-state index in [4.69, 9.17) is 10.5 Å². The predicted octanol–water partition coefficient (Wildman–Crippen LogP) is 1.99. The van der Waals surface area contributed by atoms with Gasteiger partial charge in [-0.05, 0) is 30.0 Å². The molecule has 4 nitrogen and oxygen atoms in total. The van der Waals surface area contributed by atoms with Gasteiger partial charge in [0.05, 0.1) is 6.61 Å². The van der Waals surface area contributed by atoms with E-state index in [9.17, 15) is 0 Å². The van der Waals surface area contributed by atoms with E-state index >= 15 is 0 Å². The molecule has 0 saturated heterocycles. The SMILES string of the molecule is Cn1ccnc1CCOc1cccc2c1CCC2N. The lowest BCUT2D eigenvalue weighted by molar-refractivity contribution is 0.314. The molecule has 4 heteroatoms. The van der Waals surface area contributed by atoms with E-state index in [0.29, 0.717) is 6.61 Å². The van der Waals surface area contributed by atoms with Crippen molar-refractivity contribution in [2.24, 2.45) is 12.8 Å². The molecule has 1 aromatic carbocycles. The highest BCUT2D eigenvalue weighted by molar-refractivity contribution is 5.44. The van der Waals surface area contributed by atoms with Crippen LogP contribution in [-0.2, 0) is 19.9 Å². The Balaban J connectivity index is 1.67. The molecule has 1 aliphatic carbocycles. The summed E-state index contributed by atoms with van der Waals surface area (Å²) in [5.41, 5.74) is 8.60. The first kappa shape index (κ1) is 12.2. The Kier molecular flexibility index (Phi) is 3.25. The van der Waals surface area contributed by atoms with Crippen LogP contribution in [0.25, 0.3) is 0 Å². The van der Waals surface area contributed by atoms with Crippen LogP contribution in [0.15, 0.2) is 30.6 Å². The molecule has 19 heavy (non-hydrogen) atoms. The van der Waals surface area contributed by atoms with Crippen molar-refractivity contribution in [2.75, 3.05) is 6.61 Å². The Hall–Kier alpha value is -1.81. The number of nitrogens with two attached hydrogens (primary N) is 1. The Morgan fingerprint density at radius 3 is 3.16 bits per heavy atom. The quantitative estimate of drug-likeness (QED) is 0.911. The largest absolute Gasteiger partial charge is 0.493 e. The molecule has 0 saturated carbocycles. The lowest BCUT2D eigenvalue weighted by atomic mass is 10.1. The summed E-state index contributed by atoms with van der Waals surface area (Å²) in [6.45, 7) is 0.649. The van der Waals surface area contributed by atoms with E-state index in [1.165, 1.54) is 11.1 Å². The fourth-order valence-corrected chi connectivity index (χ4v) is 2.68. The van der Waals surface area contributed by atoms with Crippen molar-refractivity contribution < 1.29 is 4.74 Å². The van der Waals surface area contributed by atoms with Gasteiger partial charge in [0, 0.05) is 31.9 Å². The van der Waals surface area contributed by atoms with Gasteiger partial charge in [0.2, 0.25) is 0 Å². The van der Waals surface area contributed by atoms with Crippen molar-refractivity contribution in [1.29, 1.82) is 0 Å². The van der Waals surface area contributed by atoms with Gasteiger partial charge in [-0.1, -0.05) is 12.1 Å². The molecular weight excluding hydrogens is 238 g/mol. The fraction of sp³-hybridized carbons (Fsp3) is 0.400. The highest BCUT2D eigenvalue weighted by Crippen LogP contribution is 2.35. The van der Waals surface area contributed by atoms with Gasteiger partial charge in [-0.15, -0.1) is 0 Å². The van der Waals surface area contributed by atoms with Gasteiger partial charge in [0.25, 0.3) is 0 Å². The van der Waals surface area contributed by atoms with Gasteiger partial charge in [-0.25, -0.2) is 4.98 Å². The first-order valence-corrected chi connectivity index (χ1v) is 6.72. The van der Waals surface area contributed by atoms with Crippen LogP contribution >= 0.6 is 0 Å². The maximum atomic E-state index is 6.07. The molecule has 1 atom stereocenters. The van der Waals surface area contributed by atoms with Crippen LogP contribution in [0.2, 0.25) is 0 Å². The smallest absolute Gasteiger partial charge is 0.122 e. The number of rotatable bonds is 4. The maximum absolute atomic E-state index is 6.07. The number of benzene rings is 1. The molecular formula is C15H19N3O. The topological polar surface area (TPSA) is 53.1 Å². The van der Waals surface area contributed by atoms with Crippen LogP contribution in [0.1, 0.15) is 29.4 Å². The summed E-state index contributed by atoms with van der Waals surface area (Å²) in [7, 11) is 2.00. The zero-order valence-corrected chi connectivity index (χ0v) is 11.2. The van der Waals surface area contributed by atoms with Crippen LogP contribution in [0.4, 0.5) is 0 Å². The molecule has 1 unspecified atom stereocenters. The lowest BCUT2D eigenvalue weighted by Crippen LogP contribution is -2.08. The number of hydrogen-bond donors (Lipinski definition) is 1. The summed E-state index contributed by atoms with van der Waals surface area (Å²) in [5.74, 6) is 2.03. The second-order valence-electron chi connectivity index (χ2n) is 5.02. The minimum absolute atomic E-state index is 0.174. The van der Waals surface area contributed by atoms with E-state index in [-0.39, 0.29) is 6.04 Å². The van der Waals surface area contributed by atoms with Crippen molar-refractivity contribution in [1.82, 2.24) is 9.55 Å². The second kappa shape index (κ2) is 5.05. The van der Waals surface area contributed by atoms with Gasteiger partial charge < -0.3 is 15.0 Å². The molecule has 0 bridgehead atoms. The number of aryl methyl sites for hydroxylation is 1. The van der Waals surface area contributed by atoms with Crippen molar-refractivity contribution in [3.05, 3.63) is 47.5 Å². The van der Waals surface area contributed by atoms with E-state index in [1.807, 2.05) is 36.1 Å². The van der Waals surface area contributed by atoms with E-state index < -0.39 is 0 Å². The van der Waals surface area contributed by atoms with Gasteiger partial charge in [0.15, 0.2) is 0 Å². The number of nitrogens with zero attached hydrogens (tertiary/aromatic N) is 2. The van der Waals surface area contributed by atoms with Gasteiger partial charge >= 0.3 is 0 Å². The summed E-state index contributed by atoms with van der Waals surface area (Å²) >= 11 is 0. The first-order valence-electron chi connectivity index (χ1n) is 6.72. The third-order valence-electron chi connectivity index (χ3n) is 3.78. The summed E-state index contributed by atoms with van der Waals surface area (Å²) in [6, 6.07) is 6.35. The molecule has 0 spiro atoms. The van der Waals surface area contributed by atoms with Crippen LogP contribution in [0.3, 0.4) is 0 Å². The zero-order chi connectivity index (χ0) is 13.2. The molecule has 3 rings (SSSR count). The standard InChI is InChI=1S/C15H19N3O/c1-18-9-8-17-15(18)7-10-19-14-4-2-3-11-12(14)5-6-13(11)16/h2-4,8-9,13H,5-7,10,16H2,1H3. The van der Waals surface area contributed by atoms with Crippen molar-refractivity contribution in [3.63, 3.8) is 0 Å². The molecule has 2 N–H and O–H groups in total. The summed E-state index contributed by atoms with van der Waals surface area (Å²) in [5, 5.41) is 0. The average molecular weight is 257 g/mol. The Labute approximate surface area is 113 Å². The lowest BCUT2D eigenvalue weighted by Gasteiger charge is -2.11. The predicted molar refractivity (Wildman–Crippen MR) is 74.1 cm³/mol. The van der Waals surface area contributed by atoms with Gasteiger partial charge in [-0.3, -0.25) is 0 Å². The summed E-state index contributed by atoms with van der Waals surface area (Å²) < 4.78 is 7.94. The third kappa shape index (κ3) is 2.36. The molecule has 1 aromatic heterocycles. The van der Waals surface area contributed by atoms with Crippen LogP contribution < -0.4 is 10.5 Å². The molecule has 100 valence electrons. The Morgan fingerprint density at radius 2 is 2.37 bits per heavy atom. The number of aromatic nitrogens is 2. The Morgan fingerprint density at radius 1 is 1.47 bits per heavy atom. The number of ether oxygens (including phenoxy) is 1. The Bertz CT molecular complexity index is 577. The molecule has 0 amide bonds. The van der Waals surface area contributed by atoms with Crippen LogP contribution in [0.5, 0.6) is 5.75 Å². The van der Waals surface area contributed by atoms with Gasteiger partial charge in [0.1, 0.15) is 11.6 Å². The summed E-state index contributed by atoms with van der Waals surface area (Å²) in [6.07, 6.45) is 6.63. The maximum Gasteiger partial charge on any atom is 0.122 e. The van der Waals surface area contributed by atoms with E-state index in [1.54, 1.807) is 0 Å². The minimum Gasteiger partial charge on any atom is -0.493 e. The fourth-order valence-electron chi connectivity index (χ4n) is 2.68. The second-order valence-corrected chi connectivity index (χ2v) is 5.02. The number of fused-ring (bicyclic) bond motifs is 1. The monoisotopic (exact) mass is 257 g/mol. The normalized spacial score (nSPS) is 17.5. The molecule has 0 radical (unpaired) electrons. The molecule has 0 aliphatic heterocycles.